The molecular weight excluding hydrogens is 320 g/mol. The Morgan fingerprint density at radius 2 is 1.91 bits per heavy atom. The van der Waals surface area contributed by atoms with Crippen LogP contribution in [0.5, 0.6) is 0 Å². The third kappa shape index (κ3) is 3.12. The third-order valence-corrected chi connectivity index (χ3v) is 3.45. The first-order valence-electron chi connectivity index (χ1n) is 6.83. The molecule has 1 aliphatic rings. The van der Waals surface area contributed by atoms with Gasteiger partial charge in [-0.2, -0.15) is 0 Å². The van der Waals surface area contributed by atoms with Crippen LogP contribution in [0.15, 0.2) is 42.2 Å². The average Bonchev–Trinajstić information content (AvgIpc) is 2.45. The molecule has 6 nitrogen and oxygen atoms in total. The molecule has 0 radical (unpaired) electrons. The molecule has 0 aliphatic carbocycles. The van der Waals surface area contributed by atoms with E-state index in [2.05, 4.69) is 10.3 Å². The van der Waals surface area contributed by atoms with Crippen molar-refractivity contribution >= 4 is 40.1 Å². The summed E-state index contributed by atoms with van der Waals surface area (Å²) in [6.45, 7) is 2.98. The summed E-state index contributed by atoms with van der Waals surface area (Å²) in [5.41, 5.74) is 1.06. The van der Waals surface area contributed by atoms with Gasteiger partial charge in [-0.3, -0.25) is 4.98 Å². The predicted molar refractivity (Wildman–Crippen MR) is 84.7 cm³/mol. The lowest BCUT2D eigenvalue weighted by atomic mass is 10.2. The molecule has 23 heavy (non-hydrogen) atoms. The van der Waals surface area contributed by atoms with Crippen LogP contribution in [0.3, 0.4) is 0 Å². The minimum atomic E-state index is -1.26. The molecule has 2 heterocycles. The Morgan fingerprint density at radius 1 is 1.22 bits per heavy atom. The van der Waals surface area contributed by atoms with Gasteiger partial charge in [0, 0.05) is 37.3 Å². The highest BCUT2D eigenvalue weighted by Gasteiger charge is 2.38. The van der Waals surface area contributed by atoms with E-state index in [1.807, 2.05) is 6.07 Å². The molecule has 7 heteroatoms. The van der Waals surface area contributed by atoms with Crippen LogP contribution >= 0.6 is 11.6 Å². The van der Waals surface area contributed by atoms with Crippen LogP contribution in [0, 0.1) is 0 Å². The van der Waals surface area contributed by atoms with Crippen molar-refractivity contribution in [2.75, 3.05) is 5.32 Å². The number of fused-ring (bicyclic) bond motifs is 1. The van der Waals surface area contributed by atoms with Gasteiger partial charge in [0.1, 0.15) is 0 Å². The van der Waals surface area contributed by atoms with Gasteiger partial charge in [0.05, 0.1) is 10.5 Å². The number of hydrogen-bond donors (Lipinski definition) is 1. The summed E-state index contributed by atoms with van der Waals surface area (Å²) >= 11 is 6.17. The second-order valence-electron chi connectivity index (χ2n) is 5.41. The first-order valence-corrected chi connectivity index (χ1v) is 7.21. The van der Waals surface area contributed by atoms with Crippen LogP contribution in [0.25, 0.3) is 10.9 Å². The fourth-order valence-corrected chi connectivity index (χ4v) is 2.44. The number of aromatic nitrogens is 1. The van der Waals surface area contributed by atoms with Crippen LogP contribution in [-0.2, 0) is 19.1 Å². The van der Waals surface area contributed by atoms with Crippen molar-refractivity contribution < 1.29 is 19.1 Å². The number of carbonyl (C=O) groups is 2. The Bertz CT molecular complexity index is 823. The molecule has 0 spiro atoms. The molecule has 2 aromatic rings. The summed E-state index contributed by atoms with van der Waals surface area (Å²) in [7, 11) is 0. The molecule has 1 saturated heterocycles. The maximum absolute atomic E-state index is 11.9. The highest BCUT2D eigenvalue weighted by Crippen LogP contribution is 2.27. The number of nitrogens with one attached hydrogen (secondary N) is 1. The maximum atomic E-state index is 11.9. The Hall–Kier alpha value is -2.60. The van der Waals surface area contributed by atoms with Crippen molar-refractivity contribution in [1.29, 1.82) is 0 Å². The molecule has 0 saturated carbocycles. The standard InChI is InChI=1S/C16H13ClN2O4/c1-16(2)22-14(20)11(15(21)23-16)8-19-10-6-9-4-3-5-18-13(9)12(17)7-10/h3-8,19H,1-2H3. The van der Waals surface area contributed by atoms with Gasteiger partial charge in [-0.1, -0.05) is 17.7 Å². The molecule has 1 fully saturated rings. The summed E-state index contributed by atoms with van der Waals surface area (Å²) in [5, 5.41) is 4.15. The van der Waals surface area contributed by atoms with Gasteiger partial charge in [0.25, 0.3) is 5.79 Å². The summed E-state index contributed by atoms with van der Waals surface area (Å²) in [6.07, 6.45) is 2.90. The quantitative estimate of drug-likeness (QED) is 0.517. The van der Waals surface area contributed by atoms with E-state index in [0.717, 1.165) is 5.39 Å². The normalized spacial score (nSPS) is 16.7. The molecule has 3 rings (SSSR count). The van der Waals surface area contributed by atoms with Crippen LogP contribution in [0.4, 0.5) is 5.69 Å². The molecule has 1 aliphatic heterocycles. The Morgan fingerprint density at radius 3 is 2.61 bits per heavy atom. The topological polar surface area (TPSA) is 77.5 Å². The molecule has 1 aromatic heterocycles. The van der Waals surface area contributed by atoms with Crippen molar-refractivity contribution in [3.63, 3.8) is 0 Å². The number of nitrogens with zero attached hydrogens (tertiary/aromatic N) is 1. The van der Waals surface area contributed by atoms with Gasteiger partial charge in [-0.15, -0.1) is 0 Å². The van der Waals surface area contributed by atoms with Crippen LogP contribution in [0.2, 0.25) is 5.02 Å². The minimum absolute atomic E-state index is 0.216. The fourth-order valence-electron chi connectivity index (χ4n) is 2.17. The summed E-state index contributed by atoms with van der Waals surface area (Å²) in [4.78, 5) is 27.9. The van der Waals surface area contributed by atoms with E-state index in [-0.39, 0.29) is 5.57 Å². The van der Waals surface area contributed by atoms with Crippen LogP contribution in [0.1, 0.15) is 13.8 Å². The van der Waals surface area contributed by atoms with Crippen molar-refractivity contribution in [2.45, 2.75) is 19.6 Å². The summed E-state index contributed by atoms with van der Waals surface area (Å²) in [5.74, 6) is -2.75. The second-order valence-corrected chi connectivity index (χ2v) is 5.82. The number of rotatable bonds is 2. The molecule has 0 unspecified atom stereocenters. The number of carbonyl (C=O) groups excluding carboxylic acids is 2. The lowest BCUT2D eigenvalue weighted by molar-refractivity contribution is -0.222. The number of anilines is 1. The van der Waals surface area contributed by atoms with Gasteiger partial charge >= 0.3 is 11.9 Å². The second kappa shape index (κ2) is 5.55. The molecule has 0 atom stereocenters. The maximum Gasteiger partial charge on any atom is 0.350 e. The molecule has 1 N–H and O–H groups in total. The Kier molecular flexibility index (Phi) is 3.69. The minimum Gasteiger partial charge on any atom is -0.419 e. The van der Waals surface area contributed by atoms with E-state index in [9.17, 15) is 9.59 Å². The largest absolute Gasteiger partial charge is 0.419 e. The lowest BCUT2D eigenvalue weighted by Gasteiger charge is -2.29. The number of esters is 2. The SMILES string of the molecule is CC1(C)OC(=O)C(=CNc2cc(Cl)c3ncccc3c2)C(=O)O1. The zero-order valence-electron chi connectivity index (χ0n) is 12.4. The summed E-state index contributed by atoms with van der Waals surface area (Å²) < 4.78 is 10.0. The van der Waals surface area contributed by atoms with Gasteiger partial charge in [-0.25, -0.2) is 9.59 Å². The number of pyridine rings is 1. The lowest BCUT2D eigenvalue weighted by Crippen LogP contribution is -2.42. The molecule has 1 aromatic carbocycles. The van der Waals surface area contributed by atoms with Gasteiger partial charge in [0.15, 0.2) is 5.57 Å². The third-order valence-electron chi connectivity index (χ3n) is 3.16. The average molecular weight is 333 g/mol. The van der Waals surface area contributed by atoms with E-state index < -0.39 is 17.7 Å². The first kappa shape index (κ1) is 15.3. The van der Waals surface area contributed by atoms with Crippen molar-refractivity contribution in [3.8, 4) is 0 Å². The van der Waals surface area contributed by atoms with Crippen molar-refractivity contribution in [1.82, 2.24) is 4.98 Å². The monoisotopic (exact) mass is 332 g/mol. The molecule has 0 amide bonds. The number of cyclic esters (lactones) is 2. The van der Waals surface area contributed by atoms with Crippen LogP contribution in [-0.4, -0.2) is 22.7 Å². The van der Waals surface area contributed by atoms with Crippen molar-refractivity contribution in [2.24, 2.45) is 0 Å². The van der Waals surface area contributed by atoms with Gasteiger partial charge in [-0.05, 0) is 18.2 Å². The fraction of sp³-hybridized carbons (Fsp3) is 0.188. The van der Waals surface area contributed by atoms with E-state index in [4.69, 9.17) is 21.1 Å². The van der Waals surface area contributed by atoms with E-state index in [0.29, 0.717) is 16.2 Å². The number of ether oxygens (including phenoxy) is 2. The number of hydrogen-bond acceptors (Lipinski definition) is 6. The Balaban J connectivity index is 1.88. The number of halogens is 1. The van der Waals surface area contributed by atoms with E-state index >= 15 is 0 Å². The highest BCUT2D eigenvalue weighted by atomic mass is 35.5. The zero-order valence-corrected chi connectivity index (χ0v) is 13.2. The first-order chi connectivity index (χ1) is 10.9. The molecule has 0 bridgehead atoms. The number of benzene rings is 1. The smallest absolute Gasteiger partial charge is 0.350 e. The van der Waals surface area contributed by atoms with E-state index in [1.54, 1.807) is 24.4 Å². The van der Waals surface area contributed by atoms with Gasteiger partial charge in [0.2, 0.25) is 0 Å². The molecule has 118 valence electrons. The zero-order chi connectivity index (χ0) is 16.6. The Labute approximate surface area is 137 Å². The highest BCUT2D eigenvalue weighted by molar-refractivity contribution is 6.35. The molecular formula is C16H13ClN2O4. The van der Waals surface area contributed by atoms with Gasteiger partial charge < -0.3 is 14.8 Å². The predicted octanol–water partition coefficient (Wildman–Crippen LogP) is 3.02. The van der Waals surface area contributed by atoms with Crippen LogP contribution < -0.4 is 5.32 Å². The van der Waals surface area contributed by atoms with E-state index in [1.165, 1.54) is 20.0 Å². The van der Waals surface area contributed by atoms with Crippen molar-refractivity contribution in [3.05, 3.63) is 47.3 Å². The summed E-state index contributed by atoms with van der Waals surface area (Å²) in [6, 6.07) is 7.10.